The minimum Gasteiger partial charge on any atom is -0.367 e. The molecule has 25 heavy (non-hydrogen) atoms. The quantitative estimate of drug-likeness (QED) is 0.505. The van der Waals surface area contributed by atoms with Gasteiger partial charge in [0, 0.05) is 31.2 Å². The Morgan fingerprint density at radius 2 is 1.76 bits per heavy atom. The van der Waals surface area contributed by atoms with Crippen molar-refractivity contribution in [1.29, 1.82) is 0 Å². The highest BCUT2D eigenvalue weighted by Crippen LogP contribution is 2.32. The Labute approximate surface area is 165 Å². The molecule has 1 atom stereocenters. The molecule has 0 saturated carbocycles. The first-order chi connectivity index (χ1) is 12.0. The second-order valence-corrected chi connectivity index (χ2v) is 6.94. The van der Waals surface area contributed by atoms with E-state index in [1.165, 1.54) is 6.33 Å². The average Bonchev–Trinajstić information content (AvgIpc) is 3.06. The summed E-state index contributed by atoms with van der Waals surface area (Å²) in [7, 11) is 0. The number of benzene rings is 2. The summed E-state index contributed by atoms with van der Waals surface area (Å²) < 4.78 is 7.76. The number of nitrogens with zero attached hydrogens (tertiary/aromatic N) is 3. The largest absolute Gasteiger partial charge is 0.367 e. The number of halogens is 4. The first kappa shape index (κ1) is 18.5. The number of ether oxygens (including phenoxy) is 1. The van der Waals surface area contributed by atoms with Gasteiger partial charge in [0.2, 0.25) is 0 Å². The average molecular weight is 417 g/mol. The molecule has 130 valence electrons. The van der Waals surface area contributed by atoms with Crippen molar-refractivity contribution >= 4 is 46.4 Å². The molecule has 0 bridgehead atoms. The Morgan fingerprint density at radius 3 is 2.40 bits per heavy atom. The van der Waals surface area contributed by atoms with Crippen LogP contribution in [0.15, 0.2) is 49.1 Å². The van der Waals surface area contributed by atoms with Gasteiger partial charge in [-0.1, -0.05) is 58.5 Å². The Kier molecular flexibility index (Phi) is 6.20. The molecule has 4 nitrogen and oxygen atoms in total. The number of hydrogen-bond acceptors (Lipinski definition) is 3. The van der Waals surface area contributed by atoms with Gasteiger partial charge in [-0.25, -0.2) is 4.98 Å². The molecule has 1 heterocycles. The molecule has 0 saturated heterocycles. The van der Waals surface area contributed by atoms with E-state index in [4.69, 9.17) is 51.1 Å². The Hall–Kier alpha value is -1.30. The molecule has 3 aromatic rings. The summed E-state index contributed by atoms with van der Waals surface area (Å²) in [5.41, 5.74) is 1.52. The molecule has 0 spiro atoms. The van der Waals surface area contributed by atoms with Crippen LogP contribution >= 0.6 is 46.4 Å². The molecule has 1 unspecified atom stereocenters. The number of aromatic nitrogens is 3. The molecule has 0 aliphatic carbocycles. The fourth-order valence-electron chi connectivity index (χ4n) is 2.35. The molecule has 1 aromatic heterocycles. The van der Waals surface area contributed by atoms with Gasteiger partial charge in [-0.3, -0.25) is 4.68 Å². The molecule has 0 fully saturated rings. The van der Waals surface area contributed by atoms with E-state index in [9.17, 15) is 0 Å². The van der Waals surface area contributed by atoms with Crippen LogP contribution in [-0.4, -0.2) is 14.8 Å². The molecule has 0 aliphatic heterocycles. The van der Waals surface area contributed by atoms with Crippen molar-refractivity contribution in [3.05, 3.63) is 80.3 Å². The van der Waals surface area contributed by atoms with Gasteiger partial charge in [-0.05, 0) is 24.3 Å². The lowest BCUT2D eigenvalue weighted by Crippen LogP contribution is -2.14. The molecule has 0 amide bonds. The van der Waals surface area contributed by atoms with Crippen molar-refractivity contribution in [2.24, 2.45) is 0 Å². The Balaban J connectivity index is 1.86. The van der Waals surface area contributed by atoms with Crippen LogP contribution in [0.5, 0.6) is 0 Å². The maximum Gasteiger partial charge on any atom is 0.137 e. The van der Waals surface area contributed by atoms with Gasteiger partial charge in [0.1, 0.15) is 18.8 Å². The molecule has 2 aromatic carbocycles. The molecule has 0 radical (unpaired) electrons. The van der Waals surface area contributed by atoms with Crippen LogP contribution in [0.4, 0.5) is 0 Å². The Morgan fingerprint density at radius 1 is 1.00 bits per heavy atom. The van der Waals surface area contributed by atoms with Gasteiger partial charge < -0.3 is 4.74 Å². The van der Waals surface area contributed by atoms with E-state index >= 15 is 0 Å². The Bertz CT molecular complexity index is 835. The summed E-state index contributed by atoms with van der Waals surface area (Å²) in [6, 6.07) is 10.6. The molecule has 0 N–H and O–H groups in total. The lowest BCUT2D eigenvalue weighted by atomic mass is 10.1. The zero-order chi connectivity index (χ0) is 17.8. The standard InChI is InChI=1S/C17H13Cl4N3O/c18-11-4-5-12(16(21)6-11)17(7-24-10-22-9-23-24)25-8-13-14(19)2-1-3-15(13)20/h1-6,9-10,17H,7-8H2. The minimum atomic E-state index is -0.376. The second-order valence-electron chi connectivity index (χ2n) is 5.28. The molecular weight excluding hydrogens is 404 g/mol. The number of rotatable bonds is 6. The summed E-state index contributed by atoms with van der Waals surface area (Å²) in [4.78, 5) is 3.95. The third kappa shape index (κ3) is 4.66. The monoisotopic (exact) mass is 415 g/mol. The van der Waals surface area contributed by atoms with Crippen molar-refractivity contribution < 1.29 is 4.74 Å². The van der Waals surface area contributed by atoms with Crippen LogP contribution in [0.3, 0.4) is 0 Å². The van der Waals surface area contributed by atoms with Crippen LogP contribution in [0.25, 0.3) is 0 Å². The van der Waals surface area contributed by atoms with E-state index in [2.05, 4.69) is 10.1 Å². The predicted octanol–water partition coefficient (Wildman–Crippen LogP) is 5.85. The smallest absolute Gasteiger partial charge is 0.137 e. The van der Waals surface area contributed by atoms with Gasteiger partial charge in [-0.15, -0.1) is 0 Å². The fraction of sp³-hybridized carbons (Fsp3) is 0.176. The first-order valence-corrected chi connectivity index (χ1v) is 8.87. The van der Waals surface area contributed by atoms with Gasteiger partial charge in [0.25, 0.3) is 0 Å². The summed E-state index contributed by atoms with van der Waals surface area (Å²) in [6.45, 7) is 0.667. The van der Waals surface area contributed by atoms with E-state index in [1.54, 1.807) is 41.3 Å². The highest BCUT2D eigenvalue weighted by Gasteiger charge is 2.18. The van der Waals surface area contributed by atoms with E-state index < -0.39 is 0 Å². The molecule has 8 heteroatoms. The molecular formula is C17H13Cl4N3O. The van der Waals surface area contributed by atoms with Crippen LogP contribution < -0.4 is 0 Å². The molecule has 3 rings (SSSR count). The van der Waals surface area contributed by atoms with Crippen LogP contribution in [0.1, 0.15) is 17.2 Å². The number of hydrogen-bond donors (Lipinski definition) is 0. The fourth-order valence-corrected chi connectivity index (χ4v) is 3.39. The predicted molar refractivity (Wildman–Crippen MR) is 100 cm³/mol. The first-order valence-electron chi connectivity index (χ1n) is 7.36. The van der Waals surface area contributed by atoms with Crippen molar-refractivity contribution in [2.45, 2.75) is 19.3 Å². The van der Waals surface area contributed by atoms with Crippen LogP contribution in [0, 0.1) is 0 Å². The normalized spacial score (nSPS) is 12.3. The lowest BCUT2D eigenvalue weighted by molar-refractivity contribution is 0.0258. The van der Waals surface area contributed by atoms with Gasteiger partial charge in [0.15, 0.2) is 0 Å². The van der Waals surface area contributed by atoms with Crippen LogP contribution in [0.2, 0.25) is 20.1 Å². The summed E-state index contributed by atoms with van der Waals surface area (Å²) >= 11 is 24.8. The molecule has 0 aliphatic rings. The van der Waals surface area contributed by atoms with Crippen molar-refractivity contribution in [3.8, 4) is 0 Å². The van der Waals surface area contributed by atoms with Gasteiger partial charge in [-0.2, -0.15) is 5.10 Å². The zero-order valence-electron chi connectivity index (χ0n) is 12.9. The van der Waals surface area contributed by atoms with Crippen molar-refractivity contribution in [2.75, 3.05) is 0 Å². The highest BCUT2D eigenvalue weighted by molar-refractivity contribution is 6.36. The maximum atomic E-state index is 6.35. The second kappa shape index (κ2) is 8.39. The van der Waals surface area contributed by atoms with Crippen LogP contribution in [-0.2, 0) is 17.9 Å². The van der Waals surface area contributed by atoms with E-state index in [0.29, 0.717) is 26.6 Å². The lowest BCUT2D eigenvalue weighted by Gasteiger charge is -2.20. The third-order valence-electron chi connectivity index (χ3n) is 3.62. The highest BCUT2D eigenvalue weighted by atomic mass is 35.5. The van der Waals surface area contributed by atoms with E-state index in [0.717, 1.165) is 11.1 Å². The van der Waals surface area contributed by atoms with E-state index in [-0.39, 0.29) is 12.7 Å². The topological polar surface area (TPSA) is 39.9 Å². The van der Waals surface area contributed by atoms with Gasteiger partial charge in [0.05, 0.1) is 13.2 Å². The third-order valence-corrected chi connectivity index (χ3v) is 4.89. The van der Waals surface area contributed by atoms with Crippen molar-refractivity contribution in [3.63, 3.8) is 0 Å². The minimum absolute atomic E-state index is 0.233. The maximum absolute atomic E-state index is 6.35. The summed E-state index contributed by atoms with van der Waals surface area (Å²) in [5.74, 6) is 0. The van der Waals surface area contributed by atoms with E-state index in [1.807, 2.05) is 6.07 Å². The zero-order valence-corrected chi connectivity index (χ0v) is 15.9. The SMILES string of the molecule is Clc1ccc(C(Cn2cncn2)OCc2c(Cl)cccc2Cl)c(Cl)c1. The van der Waals surface area contributed by atoms with Gasteiger partial charge >= 0.3 is 0 Å². The summed E-state index contributed by atoms with van der Waals surface area (Å²) in [6.07, 6.45) is 2.70. The summed E-state index contributed by atoms with van der Waals surface area (Å²) in [5, 5.41) is 6.30. The van der Waals surface area contributed by atoms with Crippen molar-refractivity contribution in [1.82, 2.24) is 14.8 Å².